The van der Waals surface area contributed by atoms with Crippen molar-refractivity contribution in [2.45, 2.75) is 102 Å². The molecule has 18 nitrogen and oxygen atoms in total. The van der Waals surface area contributed by atoms with Gasteiger partial charge in [-0.1, -0.05) is 61.4 Å². The van der Waals surface area contributed by atoms with Crippen LogP contribution in [-0.2, 0) is 52.5 Å². The summed E-state index contributed by atoms with van der Waals surface area (Å²) in [5, 5.41) is 4.14. The van der Waals surface area contributed by atoms with Gasteiger partial charge in [-0.2, -0.15) is 0 Å². The third-order valence-corrected chi connectivity index (χ3v) is 20.5. The van der Waals surface area contributed by atoms with Crippen molar-refractivity contribution in [1.82, 2.24) is 19.4 Å². The van der Waals surface area contributed by atoms with E-state index in [1.165, 1.54) is 28.8 Å². The minimum absolute atomic E-state index is 0.134. The van der Waals surface area contributed by atoms with Crippen molar-refractivity contribution in [1.29, 1.82) is 0 Å². The minimum atomic E-state index is -4.54. The van der Waals surface area contributed by atoms with Gasteiger partial charge in [0.2, 0.25) is 13.6 Å². The second-order valence-electron chi connectivity index (χ2n) is 24.4. The molecule has 3 aliphatic rings. The predicted molar refractivity (Wildman–Crippen MR) is 328 cm³/mol. The fraction of sp³-hybridized carbons (Fsp3) is 0.517. The molecule has 2 aliphatic heterocycles. The van der Waals surface area contributed by atoms with Crippen molar-refractivity contribution >= 4 is 85.6 Å². The number of halogens is 1. The van der Waals surface area contributed by atoms with Crippen molar-refractivity contribution < 1.29 is 54.3 Å². The number of hydrogen-bond donors (Lipinski definition) is 2. The molecule has 1 aliphatic carbocycles. The number of piperazine rings is 2. The number of rotatable bonds is 24. The summed E-state index contributed by atoms with van der Waals surface area (Å²) < 4.78 is 92.4. The number of anilines is 2. The van der Waals surface area contributed by atoms with Gasteiger partial charge in [0.1, 0.15) is 6.29 Å². The lowest BCUT2D eigenvalue weighted by atomic mass is 9.73. The van der Waals surface area contributed by atoms with Gasteiger partial charge in [-0.25, -0.2) is 21.6 Å². The van der Waals surface area contributed by atoms with Gasteiger partial charge < -0.3 is 24.6 Å². The Morgan fingerprint density at radius 3 is 1.90 bits per heavy atom. The number of ether oxygens (including phenoxy) is 2. The molecule has 0 unspecified atom stereocenters. The van der Waals surface area contributed by atoms with E-state index in [0.29, 0.717) is 44.9 Å². The van der Waals surface area contributed by atoms with Gasteiger partial charge in [0.15, 0.2) is 9.84 Å². The molecule has 0 bridgehead atoms. The Labute approximate surface area is 500 Å². The maximum absolute atomic E-state index is 14.0. The first kappa shape index (κ1) is 65.7. The molecule has 0 saturated carbocycles. The second-order valence-corrected chi connectivity index (χ2v) is 31.6. The summed E-state index contributed by atoms with van der Waals surface area (Å²) >= 11 is 7.81. The Kier molecular flexibility index (Phi) is 22.3. The first-order valence-electron chi connectivity index (χ1n) is 28.0. The van der Waals surface area contributed by atoms with E-state index in [4.69, 9.17) is 30.1 Å². The quantitative estimate of drug-likeness (QED) is 0.0289. The molecule has 1 amide bonds. The number of amides is 1. The van der Waals surface area contributed by atoms with Crippen molar-refractivity contribution in [2.24, 2.45) is 16.2 Å². The molecular weight excluding hydrogens is 1160 g/mol. The summed E-state index contributed by atoms with van der Waals surface area (Å²) in [5.41, 5.74) is 3.99. The van der Waals surface area contributed by atoms with Crippen LogP contribution in [0.25, 0.3) is 5.57 Å². The lowest BCUT2D eigenvalue weighted by Crippen LogP contribution is -2.47. The van der Waals surface area contributed by atoms with Gasteiger partial charge in [-0.05, 0) is 151 Å². The summed E-state index contributed by atoms with van der Waals surface area (Å²) in [5.74, 6) is -1.43. The number of allylic oxidation sites excluding steroid dienone is 1. The fourth-order valence-corrected chi connectivity index (χ4v) is 14.4. The summed E-state index contributed by atoms with van der Waals surface area (Å²) in [6.07, 6.45) is 4.63. The normalized spacial score (nSPS) is 17.4. The average Bonchev–Trinajstić information content (AvgIpc) is 3.37. The molecule has 7 rings (SSSR count). The lowest BCUT2D eigenvalue weighted by Gasteiger charge is -2.39. The van der Waals surface area contributed by atoms with Crippen molar-refractivity contribution in [3.63, 3.8) is 0 Å². The number of nitrogens with zero attached hydrogens (tertiary/aromatic N) is 4. The number of hydrogen-bond acceptors (Lipinski definition) is 18. The third-order valence-electron chi connectivity index (χ3n) is 14.8. The van der Waals surface area contributed by atoms with Crippen LogP contribution in [-0.4, -0.2) is 153 Å². The van der Waals surface area contributed by atoms with Crippen LogP contribution in [0.4, 0.5) is 11.4 Å². The fourth-order valence-electron chi connectivity index (χ4n) is 9.90. The van der Waals surface area contributed by atoms with E-state index < -0.39 is 69.7 Å². The first-order valence-corrected chi connectivity index (χ1v) is 34.5. The molecule has 2 heterocycles. The van der Waals surface area contributed by atoms with Gasteiger partial charge in [-0.3, -0.25) is 37.8 Å². The number of carbonyl (C=O) groups excluding carboxylic acids is 3. The van der Waals surface area contributed by atoms with E-state index in [2.05, 4.69) is 50.7 Å². The second kappa shape index (κ2) is 28.1. The van der Waals surface area contributed by atoms with Crippen molar-refractivity contribution in [3.05, 3.63) is 119 Å². The Hall–Kier alpha value is -4.80. The van der Waals surface area contributed by atoms with Gasteiger partial charge in [0.25, 0.3) is 15.9 Å². The maximum Gasteiger partial charge on any atom is 0.350 e. The predicted octanol–water partition coefficient (Wildman–Crippen LogP) is 10.5. The molecule has 4 aromatic carbocycles. The average molecular weight is 1240 g/mol. The van der Waals surface area contributed by atoms with Crippen LogP contribution in [0, 0.1) is 16.2 Å². The van der Waals surface area contributed by atoms with E-state index in [-0.39, 0.29) is 38.8 Å². The molecular formula is C60H82ClN6O12PS3. The monoisotopic (exact) mass is 1240 g/mol. The van der Waals surface area contributed by atoms with E-state index in [0.717, 1.165) is 79.9 Å². The van der Waals surface area contributed by atoms with E-state index in [1.807, 2.05) is 59.5 Å². The first-order chi connectivity index (χ1) is 38.9. The van der Waals surface area contributed by atoms with Crippen LogP contribution in [0.3, 0.4) is 0 Å². The molecule has 0 aromatic heterocycles. The standard InChI is InChI=1S/C60H82ClN6O12PS3/c1-58(2,3)56(69)76-42-78-80(71,79-43-77-57(70)59(4,5)6)41-66-31-29-64(30-32-66)28-26-48(40-81-50-13-11-10-12-14-50)62-53-24-23-51(37-54(53)82(9,72)73)83(74,75)63-55(68)45-17-21-49(22-18-45)67-35-33-65(34-36-67)39-46-38-60(7,8)27-25-52(46)44-15-19-47(61)20-16-44/h10-24,37,48,62H,25-36,38-43H2,1-9H3,(H,63,68)/t48-/m1/s1. The highest BCUT2D eigenvalue weighted by Gasteiger charge is 2.35. The molecule has 2 fully saturated rings. The highest BCUT2D eigenvalue weighted by Crippen LogP contribution is 2.49. The van der Waals surface area contributed by atoms with E-state index in [1.54, 1.807) is 65.4 Å². The summed E-state index contributed by atoms with van der Waals surface area (Å²) in [6.45, 7) is 20.4. The SMILES string of the molecule is CC1(C)CCC(c2ccc(Cl)cc2)=C(CN2CCN(c3ccc(C(=O)NS(=O)(=O)c4ccc(N[C@H](CCN5CCN(CP(=O)(OCOC(=O)C(C)(C)C)OCOC(=O)C(C)(C)C)CC5)CSc5ccccc5)c(S(C)(=O)=O)c4)cc3)CC2)C1. The third kappa shape index (κ3) is 19.6. The number of sulfone groups is 1. The van der Waals surface area contributed by atoms with E-state index >= 15 is 0 Å². The zero-order valence-electron chi connectivity index (χ0n) is 49.3. The largest absolute Gasteiger partial charge is 0.438 e. The number of esters is 2. The molecule has 23 heteroatoms. The zero-order valence-corrected chi connectivity index (χ0v) is 53.4. The maximum atomic E-state index is 14.0. The van der Waals surface area contributed by atoms with E-state index in [9.17, 15) is 35.8 Å². The topological polar surface area (TPSA) is 210 Å². The molecule has 83 heavy (non-hydrogen) atoms. The van der Waals surface area contributed by atoms with Crippen molar-refractivity contribution in [3.8, 4) is 0 Å². The van der Waals surface area contributed by atoms with Crippen LogP contribution in [0.2, 0.25) is 5.02 Å². The van der Waals surface area contributed by atoms with Gasteiger partial charge in [0, 0.05) is 105 Å². The van der Waals surface area contributed by atoms with Crippen molar-refractivity contribution in [2.75, 3.05) is 108 Å². The van der Waals surface area contributed by atoms with Gasteiger partial charge >= 0.3 is 19.5 Å². The molecule has 1 atom stereocenters. The molecule has 454 valence electrons. The Bertz CT molecular complexity index is 3160. The molecule has 0 radical (unpaired) electrons. The Morgan fingerprint density at radius 2 is 1.33 bits per heavy atom. The van der Waals surface area contributed by atoms with Crippen LogP contribution in [0.1, 0.15) is 97.0 Å². The number of benzene rings is 4. The van der Waals surface area contributed by atoms with Crippen LogP contribution in [0.5, 0.6) is 0 Å². The summed E-state index contributed by atoms with van der Waals surface area (Å²) in [6, 6.07) is 28.2. The Morgan fingerprint density at radius 1 is 0.747 bits per heavy atom. The Balaban J connectivity index is 0.957. The van der Waals surface area contributed by atoms with Crippen LogP contribution >= 0.6 is 31.0 Å². The molecule has 0 spiro atoms. The number of carbonyl (C=O) groups is 3. The number of sulfonamides is 1. The highest BCUT2D eigenvalue weighted by molar-refractivity contribution is 7.99. The minimum Gasteiger partial charge on any atom is -0.438 e. The molecule has 4 aromatic rings. The lowest BCUT2D eigenvalue weighted by molar-refractivity contribution is -0.162. The summed E-state index contributed by atoms with van der Waals surface area (Å²) in [7, 11) is -12.5. The molecule has 2 saturated heterocycles. The number of thioether (sulfide) groups is 1. The number of nitrogens with one attached hydrogen (secondary N) is 2. The van der Waals surface area contributed by atoms with Gasteiger partial charge in [-0.15, -0.1) is 11.8 Å². The van der Waals surface area contributed by atoms with Gasteiger partial charge in [0.05, 0.1) is 26.3 Å². The molecule has 2 N–H and O–H groups in total. The van der Waals surface area contributed by atoms with Crippen LogP contribution in [0.15, 0.2) is 117 Å². The summed E-state index contributed by atoms with van der Waals surface area (Å²) in [4.78, 5) is 47.7. The smallest absolute Gasteiger partial charge is 0.350 e. The van der Waals surface area contributed by atoms with Crippen LogP contribution < -0.4 is 14.9 Å². The zero-order chi connectivity index (χ0) is 60.4. The highest BCUT2D eigenvalue weighted by atomic mass is 35.5.